The molecule has 106 valence electrons. The van der Waals surface area contributed by atoms with Gasteiger partial charge in [0.05, 0.1) is 6.10 Å². The third-order valence-corrected chi connectivity index (χ3v) is 3.13. The Kier molecular flexibility index (Phi) is 4.70. The molecule has 0 aromatic heterocycles. The highest BCUT2D eigenvalue weighted by atomic mass is 35.5. The lowest BCUT2D eigenvalue weighted by Crippen LogP contribution is -2.38. The smallest absolute Gasteiger partial charge is 0.267 e. The lowest BCUT2D eigenvalue weighted by Gasteiger charge is -2.15. The molecule has 2 rings (SSSR count). The number of halogens is 1. The number of aliphatic hydroxyl groups excluding tert-OH is 1. The van der Waals surface area contributed by atoms with E-state index < -0.39 is 12.0 Å². The van der Waals surface area contributed by atoms with E-state index in [4.69, 9.17) is 11.6 Å². The number of benzene rings is 1. The summed E-state index contributed by atoms with van der Waals surface area (Å²) in [6.45, 7) is 0.0629. The SMILES string of the molecule is O=C1CCC(C(=O)NCC(O)c2ccc(Cl)cc2)=NN1. The number of carbonyl (C=O) groups excluding carboxylic acids is 2. The molecule has 1 atom stereocenters. The molecule has 1 aromatic carbocycles. The zero-order valence-electron chi connectivity index (χ0n) is 10.6. The molecule has 20 heavy (non-hydrogen) atoms. The van der Waals surface area contributed by atoms with Crippen LogP contribution >= 0.6 is 11.6 Å². The van der Waals surface area contributed by atoms with Crippen LogP contribution in [0.5, 0.6) is 0 Å². The Bertz CT molecular complexity index is 542. The van der Waals surface area contributed by atoms with Crippen LogP contribution in [0.1, 0.15) is 24.5 Å². The van der Waals surface area contributed by atoms with Crippen molar-refractivity contribution < 1.29 is 14.7 Å². The lowest BCUT2D eigenvalue weighted by atomic mass is 10.1. The summed E-state index contributed by atoms with van der Waals surface area (Å²) in [5, 5.41) is 16.8. The molecular weight excluding hydrogens is 282 g/mol. The predicted octanol–water partition coefficient (Wildman–Crippen LogP) is 0.756. The monoisotopic (exact) mass is 295 g/mol. The summed E-state index contributed by atoms with van der Waals surface area (Å²) >= 11 is 5.76. The Morgan fingerprint density at radius 3 is 2.70 bits per heavy atom. The number of amides is 2. The summed E-state index contributed by atoms with van der Waals surface area (Å²) in [5.74, 6) is -0.597. The van der Waals surface area contributed by atoms with E-state index in [1.807, 2.05) is 0 Å². The van der Waals surface area contributed by atoms with Gasteiger partial charge < -0.3 is 10.4 Å². The van der Waals surface area contributed by atoms with Gasteiger partial charge in [0.2, 0.25) is 5.91 Å². The molecule has 6 nitrogen and oxygen atoms in total. The van der Waals surface area contributed by atoms with Crippen LogP contribution in [-0.2, 0) is 9.59 Å². The Hall–Kier alpha value is -1.92. The van der Waals surface area contributed by atoms with E-state index >= 15 is 0 Å². The van der Waals surface area contributed by atoms with Crippen LogP contribution in [0.25, 0.3) is 0 Å². The zero-order chi connectivity index (χ0) is 14.5. The number of rotatable bonds is 4. The molecule has 7 heteroatoms. The van der Waals surface area contributed by atoms with Gasteiger partial charge >= 0.3 is 0 Å². The fourth-order valence-corrected chi connectivity index (χ4v) is 1.86. The van der Waals surface area contributed by atoms with E-state index in [2.05, 4.69) is 15.8 Å². The molecule has 0 saturated carbocycles. The number of nitrogens with zero attached hydrogens (tertiary/aromatic N) is 1. The van der Waals surface area contributed by atoms with Gasteiger partial charge in [0, 0.05) is 24.4 Å². The van der Waals surface area contributed by atoms with Crippen molar-refractivity contribution in [1.82, 2.24) is 10.7 Å². The molecule has 0 saturated heterocycles. The minimum absolute atomic E-state index is 0.0629. The van der Waals surface area contributed by atoms with Crippen LogP contribution in [0, 0.1) is 0 Å². The topological polar surface area (TPSA) is 90.8 Å². The number of aliphatic hydroxyl groups is 1. The second kappa shape index (κ2) is 6.49. The fourth-order valence-electron chi connectivity index (χ4n) is 1.73. The van der Waals surface area contributed by atoms with E-state index in [1.54, 1.807) is 24.3 Å². The largest absolute Gasteiger partial charge is 0.387 e. The first-order chi connectivity index (χ1) is 9.56. The minimum atomic E-state index is -0.824. The maximum absolute atomic E-state index is 11.8. The van der Waals surface area contributed by atoms with Crippen LogP contribution in [0.3, 0.4) is 0 Å². The van der Waals surface area contributed by atoms with Gasteiger partial charge in [-0.25, -0.2) is 5.43 Å². The van der Waals surface area contributed by atoms with Crippen LogP contribution in [-0.4, -0.2) is 29.2 Å². The summed E-state index contributed by atoms with van der Waals surface area (Å²) in [7, 11) is 0. The second-order valence-corrected chi connectivity index (χ2v) is 4.81. The second-order valence-electron chi connectivity index (χ2n) is 4.37. The molecule has 1 aromatic rings. The van der Waals surface area contributed by atoms with Crippen molar-refractivity contribution in [2.75, 3.05) is 6.54 Å². The summed E-state index contributed by atoms with van der Waals surface area (Å²) in [4.78, 5) is 22.7. The number of nitrogens with one attached hydrogen (secondary N) is 2. The first kappa shape index (κ1) is 14.5. The first-order valence-corrected chi connectivity index (χ1v) is 6.51. The van der Waals surface area contributed by atoms with Crippen molar-refractivity contribution in [1.29, 1.82) is 0 Å². The third-order valence-electron chi connectivity index (χ3n) is 2.88. The molecule has 1 aliphatic heterocycles. The Labute approximate surface area is 120 Å². The quantitative estimate of drug-likeness (QED) is 0.766. The third kappa shape index (κ3) is 3.79. The molecule has 1 aliphatic rings. The van der Waals surface area contributed by atoms with Crippen molar-refractivity contribution in [3.05, 3.63) is 34.9 Å². The van der Waals surface area contributed by atoms with Crippen molar-refractivity contribution in [3.8, 4) is 0 Å². The molecule has 1 unspecified atom stereocenters. The number of hydrogen-bond donors (Lipinski definition) is 3. The first-order valence-electron chi connectivity index (χ1n) is 6.13. The molecule has 0 fully saturated rings. The molecule has 3 N–H and O–H groups in total. The predicted molar refractivity (Wildman–Crippen MR) is 74.2 cm³/mol. The summed E-state index contributed by atoms with van der Waals surface area (Å²) < 4.78 is 0. The summed E-state index contributed by atoms with van der Waals surface area (Å²) in [6, 6.07) is 6.72. The van der Waals surface area contributed by atoms with E-state index in [0.29, 0.717) is 17.0 Å². The van der Waals surface area contributed by atoms with E-state index in [1.165, 1.54) is 0 Å². The molecule has 0 aliphatic carbocycles. The summed E-state index contributed by atoms with van der Waals surface area (Å²) in [5.41, 5.74) is 3.17. The van der Waals surface area contributed by atoms with Crippen LogP contribution in [0.2, 0.25) is 5.02 Å². The zero-order valence-corrected chi connectivity index (χ0v) is 11.4. The van der Waals surface area contributed by atoms with Crippen molar-refractivity contribution in [2.24, 2.45) is 5.10 Å². The highest BCUT2D eigenvalue weighted by Gasteiger charge is 2.19. The van der Waals surface area contributed by atoms with Gasteiger partial charge in [-0.15, -0.1) is 0 Å². The molecule has 0 spiro atoms. The molecule has 1 heterocycles. The van der Waals surface area contributed by atoms with Crippen molar-refractivity contribution in [2.45, 2.75) is 18.9 Å². The van der Waals surface area contributed by atoms with Gasteiger partial charge in [-0.2, -0.15) is 5.10 Å². The van der Waals surface area contributed by atoms with E-state index in [-0.39, 0.29) is 24.6 Å². The molecule has 0 radical (unpaired) electrons. The van der Waals surface area contributed by atoms with Crippen molar-refractivity contribution >= 4 is 29.1 Å². The summed E-state index contributed by atoms with van der Waals surface area (Å²) in [6.07, 6.45) is -0.282. The van der Waals surface area contributed by atoms with Crippen LogP contribution in [0.15, 0.2) is 29.4 Å². The standard InChI is InChI=1S/C13H14ClN3O3/c14-9-3-1-8(2-4-9)11(18)7-15-13(20)10-5-6-12(19)17-16-10/h1-4,11,18H,5-7H2,(H,15,20)(H,17,19). The van der Waals surface area contributed by atoms with Gasteiger partial charge in [0.15, 0.2) is 0 Å². The minimum Gasteiger partial charge on any atom is -0.387 e. The normalized spacial score (nSPS) is 16.1. The molecule has 2 amide bonds. The average Bonchev–Trinajstić information content (AvgIpc) is 2.46. The number of hydrazone groups is 1. The van der Waals surface area contributed by atoms with E-state index in [9.17, 15) is 14.7 Å². The lowest BCUT2D eigenvalue weighted by molar-refractivity contribution is -0.121. The van der Waals surface area contributed by atoms with Crippen molar-refractivity contribution in [3.63, 3.8) is 0 Å². The maximum atomic E-state index is 11.8. The highest BCUT2D eigenvalue weighted by molar-refractivity contribution is 6.39. The Morgan fingerprint density at radius 2 is 2.10 bits per heavy atom. The number of hydrogen-bond acceptors (Lipinski definition) is 4. The van der Waals surface area contributed by atoms with Gasteiger partial charge in [-0.1, -0.05) is 23.7 Å². The van der Waals surface area contributed by atoms with Gasteiger partial charge in [0.1, 0.15) is 5.71 Å². The van der Waals surface area contributed by atoms with Gasteiger partial charge in [0.25, 0.3) is 5.91 Å². The Balaban J connectivity index is 1.87. The fraction of sp³-hybridized carbons (Fsp3) is 0.308. The number of carbonyl (C=O) groups is 2. The Morgan fingerprint density at radius 1 is 1.40 bits per heavy atom. The van der Waals surface area contributed by atoms with E-state index in [0.717, 1.165) is 0 Å². The maximum Gasteiger partial charge on any atom is 0.267 e. The highest BCUT2D eigenvalue weighted by Crippen LogP contribution is 2.15. The van der Waals surface area contributed by atoms with Gasteiger partial charge in [-0.3, -0.25) is 9.59 Å². The van der Waals surface area contributed by atoms with Gasteiger partial charge in [-0.05, 0) is 17.7 Å². The van der Waals surface area contributed by atoms with Crippen LogP contribution in [0.4, 0.5) is 0 Å². The molecular formula is C13H14ClN3O3. The van der Waals surface area contributed by atoms with Crippen LogP contribution < -0.4 is 10.7 Å². The molecule has 0 bridgehead atoms. The average molecular weight is 296 g/mol.